The Morgan fingerprint density at radius 1 is 1.53 bits per heavy atom. The molecule has 0 amide bonds. The average Bonchev–Trinajstić information content (AvgIpc) is 2.84. The maximum atomic E-state index is 11.2. The molecule has 0 saturated carbocycles. The number of carboxylic acids is 1. The molecule has 1 aromatic heterocycles. The minimum Gasteiger partial charge on any atom is -0.481 e. The molecule has 2 N–H and O–H groups in total. The number of ether oxygens (including phenoxy) is 1. The monoisotopic (exact) mass is 238 g/mol. The Balaban J connectivity index is 1.88. The van der Waals surface area contributed by atoms with Crippen LogP contribution in [0.25, 0.3) is 0 Å². The molecular weight excluding hydrogens is 220 g/mol. The van der Waals surface area contributed by atoms with Crippen molar-refractivity contribution in [3.8, 4) is 0 Å². The van der Waals surface area contributed by atoms with Crippen molar-refractivity contribution in [3.63, 3.8) is 0 Å². The lowest BCUT2D eigenvalue weighted by atomic mass is 10.0. The third kappa shape index (κ3) is 3.31. The van der Waals surface area contributed by atoms with Gasteiger partial charge in [-0.25, -0.2) is 0 Å². The summed E-state index contributed by atoms with van der Waals surface area (Å²) in [5, 5.41) is 9.21. The number of hydrogen-bond donors (Lipinski definition) is 2. The molecule has 1 saturated heterocycles. The van der Waals surface area contributed by atoms with Gasteiger partial charge in [0.05, 0.1) is 19.1 Å². The standard InChI is InChI=1S/C12H18N2O3/c15-12(16)10(11-2-1-4-13-11)3-5-14-6-8-17-9-7-14/h1-2,4,10,13H,3,5-9H2,(H,15,16). The van der Waals surface area contributed by atoms with Crippen LogP contribution in [0.4, 0.5) is 0 Å². The van der Waals surface area contributed by atoms with Crippen LogP contribution in [-0.2, 0) is 9.53 Å². The molecule has 1 fully saturated rings. The summed E-state index contributed by atoms with van der Waals surface area (Å²) in [5.41, 5.74) is 0.783. The number of morpholine rings is 1. The Labute approximate surface area is 100 Å². The van der Waals surface area contributed by atoms with Crippen molar-refractivity contribution in [1.29, 1.82) is 0 Å². The summed E-state index contributed by atoms with van der Waals surface area (Å²) in [4.78, 5) is 16.4. The molecule has 17 heavy (non-hydrogen) atoms. The first-order valence-electron chi connectivity index (χ1n) is 5.93. The Bertz CT molecular complexity index is 345. The molecule has 0 aliphatic carbocycles. The minimum absolute atomic E-state index is 0.437. The van der Waals surface area contributed by atoms with Gasteiger partial charge in [0.1, 0.15) is 0 Å². The Morgan fingerprint density at radius 3 is 2.88 bits per heavy atom. The van der Waals surface area contributed by atoms with E-state index < -0.39 is 11.9 Å². The van der Waals surface area contributed by atoms with Gasteiger partial charge in [0, 0.05) is 25.0 Å². The van der Waals surface area contributed by atoms with Crippen molar-refractivity contribution in [2.24, 2.45) is 0 Å². The van der Waals surface area contributed by atoms with E-state index in [1.54, 1.807) is 6.20 Å². The van der Waals surface area contributed by atoms with E-state index >= 15 is 0 Å². The summed E-state index contributed by atoms with van der Waals surface area (Å²) in [6, 6.07) is 3.66. The third-order valence-corrected chi connectivity index (χ3v) is 3.13. The van der Waals surface area contributed by atoms with E-state index in [0.29, 0.717) is 6.42 Å². The highest BCUT2D eigenvalue weighted by Crippen LogP contribution is 2.18. The van der Waals surface area contributed by atoms with Gasteiger partial charge < -0.3 is 14.8 Å². The minimum atomic E-state index is -0.763. The van der Waals surface area contributed by atoms with Crippen LogP contribution < -0.4 is 0 Å². The molecule has 94 valence electrons. The lowest BCUT2D eigenvalue weighted by molar-refractivity contribution is -0.139. The number of rotatable bonds is 5. The normalized spacial score (nSPS) is 19.1. The highest BCUT2D eigenvalue weighted by Gasteiger charge is 2.22. The largest absolute Gasteiger partial charge is 0.481 e. The first-order valence-corrected chi connectivity index (χ1v) is 5.93. The fourth-order valence-electron chi connectivity index (χ4n) is 2.11. The number of nitrogens with zero attached hydrogens (tertiary/aromatic N) is 1. The molecule has 1 aliphatic heterocycles. The number of aromatic amines is 1. The van der Waals surface area contributed by atoms with Crippen molar-refractivity contribution < 1.29 is 14.6 Å². The van der Waals surface area contributed by atoms with Crippen molar-refractivity contribution in [2.45, 2.75) is 12.3 Å². The lowest BCUT2D eigenvalue weighted by Gasteiger charge is -2.27. The second-order valence-electron chi connectivity index (χ2n) is 4.26. The van der Waals surface area contributed by atoms with E-state index in [0.717, 1.165) is 38.5 Å². The maximum absolute atomic E-state index is 11.2. The zero-order chi connectivity index (χ0) is 12.1. The van der Waals surface area contributed by atoms with Gasteiger partial charge in [0.25, 0.3) is 0 Å². The molecule has 1 aliphatic rings. The molecule has 2 heterocycles. The van der Waals surface area contributed by atoms with E-state index in [9.17, 15) is 9.90 Å². The van der Waals surface area contributed by atoms with E-state index in [2.05, 4.69) is 9.88 Å². The zero-order valence-corrected chi connectivity index (χ0v) is 9.76. The van der Waals surface area contributed by atoms with Gasteiger partial charge in [-0.15, -0.1) is 0 Å². The van der Waals surface area contributed by atoms with Gasteiger partial charge in [-0.3, -0.25) is 9.69 Å². The first kappa shape index (κ1) is 12.1. The summed E-state index contributed by atoms with van der Waals surface area (Å²) >= 11 is 0. The summed E-state index contributed by atoms with van der Waals surface area (Å²) in [6.07, 6.45) is 2.40. The predicted molar refractivity (Wildman–Crippen MR) is 63.0 cm³/mol. The molecule has 2 rings (SSSR count). The van der Waals surface area contributed by atoms with Gasteiger partial charge in [0.15, 0.2) is 0 Å². The Kier molecular flexibility index (Phi) is 4.17. The van der Waals surface area contributed by atoms with Crippen LogP contribution in [0.2, 0.25) is 0 Å². The van der Waals surface area contributed by atoms with E-state index in [-0.39, 0.29) is 0 Å². The number of aromatic nitrogens is 1. The summed E-state index contributed by atoms with van der Waals surface area (Å²) in [7, 11) is 0. The van der Waals surface area contributed by atoms with Crippen molar-refractivity contribution in [1.82, 2.24) is 9.88 Å². The summed E-state index contributed by atoms with van der Waals surface area (Å²) < 4.78 is 5.26. The number of nitrogens with one attached hydrogen (secondary N) is 1. The number of aliphatic carboxylic acids is 1. The molecule has 0 spiro atoms. The number of carbonyl (C=O) groups is 1. The van der Waals surface area contributed by atoms with Crippen molar-refractivity contribution >= 4 is 5.97 Å². The SMILES string of the molecule is O=C(O)C(CCN1CCOCC1)c1ccc[nH]1. The van der Waals surface area contributed by atoms with Crippen LogP contribution >= 0.6 is 0 Å². The van der Waals surface area contributed by atoms with Crippen LogP contribution in [0.3, 0.4) is 0 Å². The molecule has 0 aromatic carbocycles. The number of carboxylic acid groups (broad SMARTS) is 1. The van der Waals surface area contributed by atoms with Crippen LogP contribution in [0.15, 0.2) is 18.3 Å². The Morgan fingerprint density at radius 2 is 2.29 bits per heavy atom. The van der Waals surface area contributed by atoms with Gasteiger partial charge in [-0.1, -0.05) is 0 Å². The molecule has 1 aromatic rings. The fraction of sp³-hybridized carbons (Fsp3) is 0.583. The number of H-pyrrole nitrogens is 1. The molecule has 5 heteroatoms. The maximum Gasteiger partial charge on any atom is 0.312 e. The molecular formula is C12H18N2O3. The first-order chi connectivity index (χ1) is 8.27. The van der Waals surface area contributed by atoms with Gasteiger partial charge >= 0.3 is 5.97 Å². The van der Waals surface area contributed by atoms with Crippen LogP contribution in [-0.4, -0.2) is 53.8 Å². The van der Waals surface area contributed by atoms with Crippen molar-refractivity contribution in [2.75, 3.05) is 32.8 Å². The third-order valence-electron chi connectivity index (χ3n) is 3.13. The van der Waals surface area contributed by atoms with Gasteiger partial charge in [-0.05, 0) is 25.1 Å². The average molecular weight is 238 g/mol. The predicted octanol–water partition coefficient (Wildman–Crippen LogP) is 0.905. The second-order valence-corrected chi connectivity index (χ2v) is 4.26. The van der Waals surface area contributed by atoms with E-state index in [4.69, 9.17) is 4.74 Å². The van der Waals surface area contributed by atoms with Crippen molar-refractivity contribution in [3.05, 3.63) is 24.0 Å². The van der Waals surface area contributed by atoms with E-state index in [1.165, 1.54) is 0 Å². The van der Waals surface area contributed by atoms with Gasteiger partial charge in [-0.2, -0.15) is 0 Å². The smallest absolute Gasteiger partial charge is 0.312 e. The highest BCUT2D eigenvalue weighted by atomic mass is 16.5. The molecule has 0 radical (unpaired) electrons. The van der Waals surface area contributed by atoms with Gasteiger partial charge in [0.2, 0.25) is 0 Å². The quantitative estimate of drug-likeness (QED) is 0.800. The van der Waals surface area contributed by atoms with Crippen LogP contribution in [0, 0.1) is 0 Å². The molecule has 1 unspecified atom stereocenters. The molecule has 5 nitrogen and oxygen atoms in total. The molecule has 1 atom stereocenters. The fourth-order valence-corrected chi connectivity index (χ4v) is 2.11. The Hall–Kier alpha value is -1.33. The van der Waals surface area contributed by atoms with E-state index in [1.807, 2.05) is 12.1 Å². The van der Waals surface area contributed by atoms with Crippen LogP contribution in [0.5, 0.6) is 0 Å². The topological polar surface area (TPSA) is 65.6 Å². The number of hydrogen-bond acceptors (Lipinski definition) is 3. The lowest BCUT2D eigenvalue weighted by Crippen LogP contribution is -2.37. The summed E-state index contributed by atoms with van der Waals surface area (Å²) in [6.45, 7) is 4.11. The molecule has 0 bridgehead atoms. The zero-order valence-electron chi connectivity index (χ0n) is 9.76. The summed E-state index contributed by atoms with van der Waals surface area (Å²) in [5.74, 6) is -1.20. The highest BCUT2D eigenvalue weighted by molar-refractivity contribution is 5.75. The van der Waals surface area contributed by atoms with Crippen LogP contribution in [0.1, 0.15) is 18.0 Å². The second kappa shape index (κ2) is 5.84.